The molecule has 0 aromatic heterocycles. The van der Waals surface area contributed by atoms with Gasteiger partial charge in [-0.3, -0.25) is 9.59 Å². The highest BCUT2D eigenvalue weighted by molar-refractivity contribution is 5.80. The van der Waals surface area contributed by atoms with Gasteiger partial charge < -0.3 is 45.1 Å². The summed E-state index contributed by atoms with van der Waals surface area (Å²) in [5, 5.41) is 57.1. The Balaban J connectivity index is 2.54. The van der Waals surface area contributed by atoms with E-state index in [1.807, 2.05) is 6.08 Å². The Morgan fingerprint density at radius 3 is 1.27 bits per heavy atom. The van der Waals surface area contributed by atoms with Crippen LogP contribution in [0.25, 0.3) is 0 Å². The molecule has 11 heteroatoms. The summed E-state index contributed by atoms with van der Waals surface area (Å²) < 4.78 is 17.6. The van der Waals surface area contributed by atoms with Gasteiger partial charge in [-0.1, -0.05) is 313 Å². The smallest absolute Gasteiger partial charge is 0.306 e. The van der Waals surface area contributed by atoms with Gasteiger partial charge in [-0.2, -0.15) is 0 Å². The molecule has 0 aromatic carbocycles. The highest BCUT2D eigenvalue weighted by Gasteiger charge is 2.47. The predicted molar refractivity (Wildman–Crippen MR) is 347 cm³/mol. The summed E-state index contributed by atoms with van der Waals surface area (Å²) in [6, 6.07) is -1.03. The first-order valence-electron chi connectivity index (χ1n) is 35.4. The van der Waals surface area contributed by atoms with E-state index in [0.717, 1.165) is 83.5 Å². The van der Waals surface area contributed by atoms with Crippen molar-refractivity contribution >= 4 is 11.9 Å². The summed E-state index contributed by atoms with van der Waals surface area (Å²) in [6.45, 7) is 5.78. The first-order valence-corrected chi connectivity index (χ1v) is 35.4. The van der Waals surface area contributed by atoms with E-state index in [-0.39, 0.29) is 13.0 Å². The second-order valence-electron chi connectivity index (χ2n) is 24.6. The first-order chi connectivity index (χ1) is 40.7. The van der Waals surface area contributed by atoms with Crippen LogP contribution in [0.3, 0.4) is 0 Å². The largest absolute Gasteiger partial charge is 0.454 e. The van der Waals surface area contributed by atoms with Crippen molar-refractivity contribution in [2.45, 2.75) is 384 Å². The highest BCUT2D eigenvalue weighted by atomic mass is 16.7. The minimum Gasteiger partial charge on any atom is -0.454 e. The van der Waals surface area contributed by atoms with Crippen LogP contribution in [0.2, 0.25) is 0 Å². The molecule has 1 aliphatic heterocycles. The van der Waals surface area contributed by atoms with Gasteiger partial charge in [-0.05, 0) is 64.2 Å². The predicted octanol–water partition coefficient (Wildman–Crippen LogP) is 18.0. The van der Waals surface area contributed by atoms with Crippen molar-refractivity contribution in [2.24, 2.45) is 0 Å². The Kier molecular flexibility index (Phi) is 56.8. The van der Waals surface area contributed by atoms with E-state index in [1.165, 1.54) is 205 Å². The van der Waals surface area contributed by atoms with Crippen LogP contribution >= 0.6 is 0 Å². The quantitative estimate of drug-likeness (QED) is 0.0195. The SMILES string of the molecule is CCCCC/C=C\C/C=C\C/C=C\CCCCCCC(=O)OC1C(OCC(NC(=O)C(O)CCCCCCCCCCCCCCCCCCCCCCCCCCCC)C(O)/C=C/CCCCCCCCCCC)OC(CO)C(O)C1O. The highest BCUT2D eigenvalue weighted by Crippen LogP contribution is 2.26. The lowest BCUT2D eigenvalue weighted by molar-refractivity contribution is -0.305. The molecule has 0 bridgehead atoms. The van der Waals surface area contributed by atoms with Gasteiger partial charge in [0.1, 0.15) is 24.4 Å². The molecule has 486 valence electrons. The van der Waals surface area contributed by atoms with E-state index in [1.54, 1.807) is 6.08 Å². The summed E-state index contributed by atoms with van der Waals surface area (Å²) >= 11 is 0. The van der Waals surface area contributed by atoms with Gasteiger partial charge in [0, 0.05) is 6.42 Å². The maximum Gasteiger partial charge on any atom is 0.306 e. The number of hydrogen-bond acceptors (Lipinski definition) is 10. The van der Waals surface area contributed by atoms with Gasteiger partial charge >= 0.3 is 5.97 Å². The summed E-state index contributed by atoms with van der Waals surface area (Å²) in [4.78, 5) is 26.6. The maximum atomic E-state index is 13.5. The van der Waals surface area contributed by atoms with Crippen LogP contribution in [0.4, 0.5) is 0 Å². The molecule has 1 rings (SSSR count). The van der Waals surface area contributed by atoms with E-state index in [2.05, 4.69) is 62.5 Å². The number of rotatable bonds is 61. The number of allylic oxidation sites excluding steroid dienone is 7. The molecule has 1 amide bonds. The van der Waals surface area contributed by atoms with Crippen molar-refractivity contribution in [3.05, 3.63) is 48.6 Å². The standard InChI is InChI=1S/C72H133NO10/c1-4-7-10-13-16-19-22-24-26-28-29-30-31-32-33-34-35-36-38-39-41-44-47-50-53-56-59-65(76)71(80)73-63(64(75)58-55-52-49-46-43-21-18-15-12-9-6-3)62-81-72-70(69(79)68(78)66(61-74)82-72)83-67(77)60-57-54-51-48-45-42-40-37-27-25-23-20-17-14-11-8-5-2/h17,20,25,27,40,42,55,58,63-66,68-70,72,74-76,78-79H,4-16,18-19,21-24,26,28-39,41,43-54,56-57,59-62H2,1-3H3,(H,73,80)/b20-17-,27-25-,42-40-,58-55+. The molecule has 0 spiro atoms. The topological polar surface area (TPSA) is 175 Å². The Morgan fingerprint density at radius 2 is 0.831 bits per heavy atom. The molecule has 11 nitrogen and oxygen atoms in total. The van der Waals surface area contributed by atoms with Gasteiger partial charge in [0.05, 0.1) is 25.4 Å². The molecular formula is C72H133NO10. The number of esters is 1. The van der Waals surface area contributed by atoms with Gasteiger partial charge in [-0.15, -0.1) is 0 Å². The minimum atomic E-state index is -1.62. The van der Waals surface area contributed by atoms with E-state index in [9.17, 15) is 35.1 Å². The van der Waals surface area contributed by atoms with Crippen LogP contribution in [0.15, 0.2) is 48.6 Å². The minimum absolute atomic E-state index is 0.0991. The number of ether oxygens (including phenoxy) is 3. The molecule has 1 saturated heterocycles. The normalized spacial score (nSPS) is 18.8. The lowest BCUT2D eigenvalue weighted by Crippen LogP contribution is -2.61. The van der Waals surface area contributed by atoms with Crippen LogP contribution in [0.1, 0.15) is 335 Å². The van der Waals surface area contributed by atoms with Gasteiger partial charge in [0.2, 0.25) is 5.91 Å². The Hall–Kier alpha value is -2.38. The molecule has 0 radical (unpaired) electrons. The van der Waals surface area contributed by atoms with Crippen molar-refractivity contribution in [1.29, 1.82) is 0 Å². The summed E-state index contributed by atoms with van der Waals surface area (Å²) in [6.07, 6.45) is 64.6. The van der Waals surface area contributed by atoms with Crippen molar-refractivity contribution in [1.82, 2.24) is 5.32 Å². The molecule has 1 fully saturated rings. The number of aliphatic hydroxyl groups is 5. The fourth-order valence-corrected chi connectivity index (χ4v) is 11.1. The summed E-state index contributed by atoms with van der Waals surface area (Å²) in [5.41, 5.74) is 0. The molecule has 8 unspecified atom stereocenters. The third kappa shape index (κ3) is 47.4. The Morgan fingerprint density at radius 1 is 0.470 bits per heavy atom. The molecule has 1 aliphatic rings. The van der Waals surface area contributed by atoms with Crippen LogP contribution in [0, 0.1) is 0 Å². The number of aliphatic hydroxyl groups excluding tert-OH is 5. The third-order valence-electron chi connectivity index (χ3n) is 16.7. The zero-order valence-electron chi connectivity index (χ0n) is 54.1. The van der Waals surface area contributed by atoms with Crippen LogP contribution < -0.4 is 5.32 Å². The van der Waals surface area contributed by atoms with E-state index in [4.69, 9.17) is 14.2 Å². The van der Waals surface area contributed by atoms with Gasteiger partial charge in [0.15, 0.2) is 12.4 Å². The zero-order valence-corrected chi connectivity index (χ0v) is 54.1. The zero-order chi connectivity index (χ0) is 60.3. The second kappa shape index (κ2) is 59.9. The van der Waals surface area contributed by atoms with E-state index in [0.29, 0.717) is 19.3 Å². The number of nitrogens with one attached hydrogen (secondary N) is 1. The molecule has 83 heavy (non-hydrogen) atoms. The third-order valence-corrected chi connectivity index (χ3v) is 16.7. The lowest BCUT2D eigenvalue weighted by Gasteiger charge is -2.41. The lowest BCUT2D eigenvalue weighted by atomic mass is 9.99. The van der Waals surface area contributed by atoms with Gasteiger partial charge in [0.25, 0.3) is 0 Å². The monoisotopic (exact) mass is 1170 g/mol. The molecule has 0 aliphatic carbocycles. The second-order valence-corrected chi connectivity index (χ2v) is 24.6. The number of carbonyl (C=O) groups excluding carboxylic acids is 2. The number of hydrogen-bond donors (Lipinski definition) is 6. The molecular weight excluding hydrogens is 1040 g/mol. The average Bonchev–Trinajstić information content (AvgIpc) is 3.69. The fourth-order valence-electron chi connectivity index (χ4n) is 11.1. The summed E-state index contributed by atoms with van der Waals surface area (Å²) in [7, 11) is 0. The average molecular weight is 1170 g/mol. The fraction of sp³-hybridized carbons (Fsp3) is 0.861. The molecule has 8 atom stereocenters. The van der Waals surface area contributed by atoms with Crippen LogP contribution in [-0.4, -0.2) is 99.6 Å². The number of carbonyl (C=O) groups is 2. The van der Waals surface area contributed by atoms with Crippen molar-refractivity contribution in [3.63, 3.8) is 0 Å². The first kappa shape index (κ1) is 78.6. The van der Waals surface area contributed by atoms with Crippen molar-refractivity contribution in [3.8, 4) is 0 Å². The maximum absolute atomic E-state index is 13.5. The molecule has 1 heterocycles. The van der Waals surface area contributed by atoms with Crippen molar-refractivity contribution < 1.29 is 49.3 Å². The van der Waals surface area contributed by atoms with E-state index >= 15 is 0 Å². The Labute approximate surface area is 510 Å². The molecule has 0 aromatic rings. The number of unbranched alkanes of at least 4 members (excludes halogenated alkanes) is 41. The molecule has 6 N–H and O–H groups in total. The summed E-state index contributed by atoms with van der Waals surface area (Å²) in [5.74, 6) is -1.21. The Bertz CT molecular complexity index is 1540. The molecule has 0 saturated carbocycles. The van der Waals surface area contributed by atoms with Crippen molar-refractivity contribution in [2.75, 3.05) is 13.2 Å². The van der Waals surface area contributed by atoms with Gasteiger partial charge in [-0.25, -0.2) is 0 Å². The van der Waals surface area contributed by atoms with Crippen LogP contribution in [0.5, 0.6) is 0 Å². The van der Waals surface area contributed by atoms with Crippen LogP contribution in [-0.2, 0) is 23.8 Å². The number of amides is 1. The van der Waals surface area contributed by atoms with E-state index < -0.39 is 67.4 Å².